The summed E-state index contributed by atoms with van der Waals surface area (Å²) in [7, 11) is 1.28. The number of para-hydroxylation sites is 1. The molecule has 0 aliphatic heterocycles. The molecule has 2 aromatic carbocycles. The van der Waals surface area contributed by atoms with E-state index in [9.17, 15) is 14.7 Å². The number of nitrogens with zero attached hydrogens (tertiary/aromatic N) is 1. The molecule has 6 nitrogen and oxygen atoms in total. The van der Waals surface area contributed by atoms with Crippen molar-refractivity contribution in [3.05, 3.63) is 82.3 Å². The zero-order valence-electron chi connectivity index (χ0n) is 15.1. The molecule has 4 aromatic rings. The van der Waals surface area contributed by atoms with Gasteiger partial charge in [0.15, 0.2) is 0 Å². The van der Waals surface area contributed by atoms with Gasteiger partial charge in [0.05, 0.1) is 30.0 Å². The van der Waals surface area contributed by atoms with E-state index in [1.165, 1.54) is 7.11 Å². The predicted octanol–water partition coefficient (Wildman–Crippen LogP) is 3.74. The van der Waals surface area contributed by atoms with Crippen LogP contribution in [0.4, 0.5) is 0 Å². The molecule has 140 valence electrons. The maximum atomic E-state index is 12.7. The first-order valence-corrected chi connectivity index (χ1v) is 8.74. The fourth-order valence-corrected chi connectivity index (χ4v) is 3.40. The van der Waals surface area contributed by atoms with Crippen LogP contribution in [0.1, 0.15) is 23.5 Å². The Labute approximate surface area is 160 Å². The van der Waals surface area contributed by atoms with Gasteiger partial charge in [-0.1, -0.05) is 24.3 Å². The van der Waals surface area contributed by atoms with E-state index in [0.717, 1.165) is 10.9 Å². The van der Waals surface area contributed by atoms with E-state index in [4.69, 9.17) is 9.15 Å². The molecule has 1 N–H and O–H groups in total. The lowest BCUT2D eigenvalue weighted by Gasteiger charge is -2.18. The molecule has 0 radical (unpaired) electrons. The van der Waals surface area contributed by atoms with Gasteiger partial charge in [0.1, 0.15) is 11.3 Å². The maximum Gasteiger partial charge on any atom is 0.343 e. The summed E-state index contributed by atoms with van der Waals surface area (Å²) in [5.41, 5.74) is 1.11. The maximum absolute atomic E-state index is 12.7. The van der Waals surface area contributed by atoms with Gasteiger partial charge in [-0.25, -0.2) is 4.79 Å². The van der Waals surface area contributed by atoms with Crippen LogP contribution in [-0.2, 0) is 9.53 Å². The number of esters is 1. The van der Waals surface area contributed by atoms with Crippen molar-refractivity contribution in [3.63, 3.8) is 0 Å². The van der Waals surface area contributed by atoms with Crippen molar-refractivity contribution in [3.8, 4) is 5.75 Å². The number of benzene rings is 2. The number of hydrogen-bond donors (Lipinski definition) is 1. The lowest BCUT2D eigenvalue weighted by Crippen LogP contribution is -2.18. The molecule has 0 saturated heterocycles. The van der Waals surface area contributed by atoms with E-state index in [0.29, 0.717) is 10.9 Å². The lowest BCUT2D eigenvalue weighted by atomic mass is 9.87. The Morgan fingerprint density at radius 1 is 1.18 bits per heavy atom. The van der Waals surface area contributed by atoms with E-state index < -0.39 is 17.5 Å². The number of aromatic hydroxyl groups is 1. The van der Waals surface area contributed by atoms with E-state index in [2.05, 4.69) is 4.98 Å². The minimum absolute atomic E-state index is 0.0346. The lowest BCUT2D eigenvalue weighted by molar-refractivity contribution is -0.140. The Balaban J connectivity index is 1.95. The second-order valence-corrected chi connectivity index (χ2v) is 6.44. The van der Waals surface area contributed by atoms with E-state index in [1.54, 1.807) is 36.5 Å². The number of rotatable bonds is 4. The second-order valence-electron chi connectivity index (χ2n) is 6.44. The molecule has 0 spiro atoms. The van der Waals surface area contributed by atoms with Crippen molar-refractivity contribution in [1.29, 1.82) is 0 Å². The molecule has 0 fully saturated rings. The summed E-state index contributed by atoms with van der Waals surface area (Å²) in [4.78, 5) is 29.1. The molecule has 6 heteroatoms. The molecule has 28 heavy (non-hydrogen) atoms. The minimum Gasteiger partial charge on any atom is -0.507 e. The number of carbonyl (C=O) groups is 1. The Morgan fingerprint density at radius 3 is 2.82 bits per heavy atom. The van der Waals surface area contributed by atoms with Crippen LogP contribution < -0.4 is 5.63 Å². The van der Waals surface area contributed by atoms with Crippen LogP contribution in [-0.4, -0.2) is 23.2 Å². The normalized spacial score (nSPS) is 12.2. The summed E-state index contributed by atoms with van der Waals surface area (Å²) in [5.74, 6) is -1.41. The number of hydrogen-bond acceptors (Lipinski definition) is 6. The number of carbonyl (C=O) groups excluding carboxylic acids is 1. The Hall–Kier alpha value is -3.67. The Bertz CT molecular complexity index is 1240. The highest BCUT2D eigenvalue weighted by molar-refractivity contribution is 5.85. The summed E-state index contributed by atoms with van der Waals surface area (Å²) >= 11 is 0. The predicted molar refractivity (Wildman–Crippen MR) is 104 cm³/mol. The zero-order chi connectivity index (χ0) is 19.7. The topological polar surface area (TPSA) is 89.6 Å². The first-order chi connectivity index (χ1) is 13.6. The van der Waals surface area contributed by atoms with E-state index in [1.807, 2.05) is 24.3 Å². The highest BCUT2D eigenvalue weighted by atomic mass is 16.5. The van der Waals surface area contributed by atoms with Crippen LogP contribution in [0.5, 0.6) is 5.75 Å². The van der Waals surface area contributed by atoms with Crippen molar-refractivity contribution in [1.82, 2.24) is 4.98 Å². The zero-order valence-corrected chi connectivity index (χ0v) is 15.1. The average Bonchev–Trinajstić information content (AvgIpc) is 2.72. The summed E-state index contributed by atoms with van der Waals surface area (Å²) in [6.45, 7) is 0. The molecular formula is C22H17NO5. The number of ether oxygens (including phenoxy) is 1. The van der Waals surface area contributed by atoms with Crippen molar-refractivity contribution in [2.75, 3.05) is 7.11 Å². The fraction of sp³-hybridized carbons (Fsp3) is 0.136. The minimum atomic E-state index is -0.724. The number of fused-ring (bicyclic) bond motifs is 2. The summed E-state index contributed by atoms with van der Waals surface area (Å²) in [6.07, 6.45) is 1.58. The quantitative estimate of drug-likeness (QED) is 0.432. The van der Waals surface area contributed by atoms with Crippen molar-refractivity contribution in [2.24, 2.45) is 0 Å². The molecule has 0 saturated carbocycles. The fourth-order valence-electron chi connectivity index (χ4n) is 3.40. The van der Waals surface area contributed by atoms with Crippen molar-refractivity contribution in [2.45, 2.75) is 12.3 Å². The molecule has 2 heterocycles. The summed E-state index contributed by atoms with van der Waals surface area (Å²) in [5, 5.41) is 12.1. The second kappa shape index (κ2) is 7.15. The van der Waals surface area contributed by atoms with Gasteiger partial charge in [0.2, 0.25) is 0 Å². The Kier molecular flexibility index (Phi) is 4.53. The molecular weight excluding hydrogens is 358 g/mol. The molecule has 0 amide bonds. The van der Waals surface area contributed by atoms with Gasteiger partial charge in [-0.05, 0) is 35.9 Å². The van der Waals surface area contributed by atoms with Gasteiger partial charge in [0, 0.05) is 17.5 Å². The average molecular weight is 375 g/mol. The standard InChI is InChI=1S/C22H17NO5/c1-27-19(24)12-16(13-8-9-17-14(11-13)5-4-10-23-17)20-21(25)15-6-2-3-7-18(15)28-22(20)26/h2-11,16,25H,12H2,1H3/t16-/m0/s1. The van der Waals surface area contributed by atoms with Gasteiger partial charge < -0.3 is 14.3 Å². The van der Waals surface area contributed by atoms with Crippen molar-refractivity contribution >= 4 is 27.8 Å². The van der Waals surface area contributed by atoms with Crippen molar-refractivity contribution < 1.29 is 19.1 Å². The monoisotopic (exact) mass is 375 g/mol. The number of methoxy groups -OCH3 is 1. The van der Waals surface area contributed by atoms with Gasteiger partial charge in [-0.2, -0.15) is 0 Å². The van der Waals surface area contributed by atoms with Crippen LogP contribution in [0.15, 0.2) is 70.0 Å². The van der Waals surface area contributed by atoms with E-state index >= 15 is 0 Å². The largest absolute Gasteiger partial charge is 0.507 e. The highest BCUT2D eigenvalue weighted by Gasteiger charge is 2.27. The number of aromatic nitrogens is 1. The van der Waals surface area contributed by atoms with Crippen LogP contribution in [0, 0.1) is 0 Å². The van der Waals surface area contributed by atoms with Gasteiger partial charge in [-0.3, -0.25) is 9.78 Å². The smallest absolute Gasteiger partial charge is 0.343 e. The van der Waals surface area contributed by atoms with Crippen LogP contribution in [0.2, 0.25) is 0 Å². The van der Waals surface area contributed by atoms with Gasteiger partial charge in [-0.15, -0.1) is 0 Å². The molecule has 0 aliphatic rings. The third kappa shape index (κ3) is 3.09. The SMILES string of the molecule is COC(=O)C[C@@H](c1ccc2ncccc2c1)c1c(O)c2ccccc2oc1=O. The third-order valence-electron chi connectivity index (χ3n) is 4.80. The van der Waals surface area contributed by atoms with Crippen LogP contribution >= 0.6 is 0 Å². The molecule has 0 bridgehead atoms. The molecule has 0 unspecified atom stereocenters. The first kappa shape index (κ1) is 17.7. The van der Waals surface area contributed by atoms with Crippen LogP contribution in [0.3, 0.4) is 0 Å². The molecule has 2 aromatic heterocycles. The Morgan fingerprint density at radius 2 is 2.00 bits per heavy atom. The summed E-state index contributed by atoms with van der Waals surface area (Å²) < 4.78 is 10.2. The van der Waals surface area contributed by atoms with Gasteiger partial charge in [0.25, 0.3) is 0 Å². The molecule has 4 rings (SSSR count). The first-order valence-electron chi connectivity index (χ1n) is 8.74. The molecule has 1 atom stereocenters. The molecule has 0 aliphatic carbocycles. The van der Waals surface area contributed by atoms with Crippen LogP contribution in [0.25, 0.3) is 21.9 Å². The number of pyridine rings is 1. The van der Waals surface area contributed by atoms with Gasteiger partial charge >= 0.3 is 11.6 Å². The van der Waals surface area contributed by atoms with E-state index in [-0.39, 0.29) is 23.3 Å². The third-order valence-corrected chi connectivity index (χ3v) is 4.80. The summed E-state index contributed by atoms with van der Waals surface area (Å²) in [6, 6.07) is 15.9. The highest BCUT2D eigenvalue weighted by Crippen LogP contribution is 2.36.